The van der Waals surface area contributed by atoms with Crippen molar-refractivity contribution in [2.75, 3.05) is 5.75 Å². The summed E-state index contributed by atoms with van der Waals surface area (Å²) in [6.45, 7) is 1.44. The van der Waals surface area contributed by atoms with Gasteiger partial charge >= 0.3 is 0 Å². The summed E-state index contributed by atoms with van der Waals surface area (Å²) in [4.78, 5) is 10.7. The third-order valence-corrected chi connectivity index (χ3v) is 3.78. The highest BCUT2D eigenvalue weighted by molar-refractivity contribution is 8.13. The standard InChI is InChI=1S/C13H16ClFO3S/c1-8(16)19-5-4-12(17)13(18)9-2-3-10(7-14)11(15)6-9/h2-3,6,12-13,17-18H,4-5,7H2,1H3. The van der Waals surface area contributed by atoms with E-state index in [2.05, 4.69) is 0 Å². The average molecular weight is 307 g/mol. The monoisotopic (exact) mass is 306 g/mol. The van der Waals surface area contributed by atoms with E-state index in [1.165, 1.54) is 25.1 Å². The molecule has 0 amide bonds. The molecule has 0 bridgehead atoms. The van der Waals surface area contributed by atoms with Gasteiger partial charge in [0, 0.05) is 18.2 Å². The SMILES string of the molecule is CC(=O)SCCC(O)C(O)c1ccc(CCl)c(F)c1. The first-order valence-corrected chi connectivity index (χ1v) is 7.31. The first kappa shape index (κ1) is 16.4. The van der Waals surface area contributed by atoms with Crippen molar-refractivity contribution in [3.05, 3.63) is 35.1 Å². The largest absolute Gasteiger partial charge is 0.390 e. The molecule has 0 heterocycles. The first-order chi connectivity index (χ1) is 8.95. The van der Waals surface area contributed by atoms with Crippen molar-refractivity contribution in [1.82, 2.24) is 0 Å². The summed E-state index contributed by atoms with van der Waals surface area (Å²) in [6.07, 6.45) is -1.95. The molecule has 0 aliphatic carbocycles. The minimum atomic E-state index is -1.17. The lowest BCUT2D eigenvalue weighted by Gasteiger charge is -2.18. The first-order valence-electron chi connectivity index (χ1n) is 5.79. The fourth-order valence-electron chi connectivity index (χ4n) is 1.56. The van der Waals surface area contributed by atoms with E-state index in [1.807, 2.05) is 0 Å². The van der Waals surface area contributed by atoms with Crippen molar-refractivity contribution < 1.29 is 19.4 Å². The third-order valence-electron chi connectivity index (χ3n) is 2.65. The second-order valence-electron chi connectivity index (χ2n) is 4.13. The lowest BCUT2D eigenvalue weighted by molar-refractivity contribution is -0.109. The Morgan fingerprint density at radius 2 is 2.16 bits per heavy atom. The molecule has 2 N–H and O–H groups in total. The Balaban J connectivity index is 2.63. The van der Waals surface area contributed by atoms with Gasteiger partial charge in [0.25, 0.3) is 0 Å². The van der Waals surface area contributed by atoms with E-state index in [0.29, 0.717) is 16.9 Å². The van der Waals surface area contributed by atoms with Crippen molar-refractivity contribution >= 4 is 28.5 Å². The zero-order chi connectivity index (χ0) is 14.4. The van der Waals surface area contributed by atoms with E-state index in [9.17, 15) is 19.4 Å². The topological polar surface area (TPSA) is 57.5 Å². The van der Waals surface area contributed by atoms with Crippen LogP contribution < -0.4 is 0 Å². The average Bonchev–Trinajstić information content (AvgIpc) is 2.37. The summed E-state index contributed by atoms with van der Waals surface area (Å²) in [5.41, 5.74) is 0.644. The third kappa shape index (κ3) is 5.10. The fraction of sp³-hybridized carbons (Fsp3) is 0.462. The molecule has 1 aromatic carbocycles. The van der Waals surface area contributed by atoms with Crippen LogP contribution in [0.25, 0.3) is 0 Å². The van der Waals surface area contributed by atoms with Crippen molar-refractivity contribution in [3.8, 4) is 0 Å². The predicted octanol–water partition coefficient (Wildman–Crippen LogP) is 2.63. The Hall–Kier alpha value is -0.620. The lowest BCUT2D eigenvalue weighted by Crippen LogP contribution is -2.19. The van der Waals surface area contributed by atoms with Gasteiger partial charge in [0.2, 0.25) is 0 Å². The molecule has 3 nitrogen and oxygen atoms in total. The lowest BCUT2D eigenvalue weighted by atomic mass is 10.0. The summed E-state index contributed by atoms with van der Waals surface area (Å²) in [5.74, 6) is -0.0348. The highest BCUT2D eigenvalue weighted by Crippen LogP contribution is 2.23. The van der Waals surface area contributed by atoms with Gasteiger partial charge in [0.15, 0.2) is 5.12 Å². The van der Waals surface area contributed by atoms with Gasteiger partial charge in [-0.3, -0.25) is 4.79 Å². The Morgan fingerprint density at radius 1 is 1.47 bits per heavy atom. The van der Waals surface area contributed by atoms with Crippen LogP contribution in [-0.2, 0) is 10.7 Å². The smallest absolute Gasteiger partial charge is 0.185 e. The van der Waals surface area contributed by atoms with Gasteiger partial charge < -0.3 is 10.2 Å². The minimum Gasteiger partial charge on any atom is -0.390 e. The Labute approximate surface area is 120 Å². The molecular weight excluding hydrogens is 291 g/mol. The number of carbonyl (C=O) groups is 1. The van der Waals surface area contributed by atoms with Crippen LogP contribution in [0, 0.1) is 5.82 Å². The molecule has 0 radical (unpaired) electrons. The van der Waals surface area contributed by atoms with Gasteiger partial charge in [-0.2, -0.15) is 0 Å². The van der Waals surface area contributed by atoms with Gasteiger partial charge in [0.1, 0.15) is 11.9 Å². The second kappa shape index (κ2) is 7.85. The Morgan fingerprint density at radius 3 is 2.68 bits per heavy atom. The zero-order valence-electron chi connectivity index (χ0n) is 10.5. The molecule has 2 atom stereocenters. The van der Waals surface area contributed by atoms with Crippen LogP contribution >= 0.6 is 23.4 Å². The molecule has 1 rings (SSSR count). The maximum Gasteiger partial charge on any atom is 0.185 e. The van der Waals surface area contributed by atoms with Gasteiger partial charge in [-0.05, 0) is 18.1 Å². The van der Waals surface area contributed by atoms with Crippen LogP contribution in [0.4, 0.5) is 4.39 Å². The molecule has 0 aliphatic heterocycles. The molecular formula is C13H16ClFO3S. The van der Waals surface area contributed by atoms with E-state index in [-0.39, 0.29) is 17.4 Å². The summed E-state index contributed by atoms with van der Waals surface area (Å²) < 4.78 is 13.5. The summed E-state index contributed by atoms with van der Waals surface area (Å²) in [7, 11) is 0. The number of aliphatic hydroxyl groups excluding tert-OH is 2. The van der Waals surface area contributed by atoms with Crippen LogP contribution in [-0.4, -0.2) is 27.2 Å². The summed E-state index contributed by atoms with van der Waals surface area (Å²) in [6, 6.07) is 4.19. The normalized spacial score (nSPS) is 14.2. The summed E-state index contributed by atoms with van der Waals surface area (Å²) in [5, 5.41) is 19.6. The Kier molecular flexibility index (Phi) is 6.79. The number of aliphatic hydroxyl groups is 2. The molecule has 2 unspecified atom stereocenters. The highest BCUT2D eigenvalue weighted by Gasteiger charge is 2.19. The molecule has 0 fully saturated rings. The highest BCUT2D eigenvalue weighted by atomic mass is 35.5. The maximum absolute atomic E-state index is 13.5. The van der Waals surface area contributed by atoms with Crippen molar-refractivity contribution in [3.63, 3.8) is 0 Å². The van der Waals surface area contributed by atoms with Crippen LogP contribution in [0.3, 0.4) is 0 Å². The van der Waals surface area contributed by atoms with Gasteiger partial charge in [-0.1, -0.05) is 23.9 Å². The molecule has 1 aromatic rings. The van der Waals surface area contributed by atoms with Gasteiger partial charge in [-0.25, -0.2) is 4.39 Å². The van der Waals surface area contributed by atoms with Crippen molar-refractivity contribution in [1.29, 1.82) is 0 Å². The van der Waals surface area contributed by atoms with E-state index in [4.69, 9.17) is 11.6 Å². The Bertz CT molecular complexity index is 442. The van der Waals surface area contributed by atoms with Gasteiger partial charge in [-0.15, -0.1) is 11.6 Å². The number of hydrogen-bond acceptors (Lipinski definition) is 4. The second-order valence-corrected chi connectivity index (χ2v) is 5.66. The van der Waals surface area contributed by atoms with Crippen molar-refractivity contribution in [2.24, 2.45) is 0 Å². The summed E-state index contributed by atoms with van der Waals surface area (Å²) >= 11 is 6.62. The fourth-order valence-corrected chi connectivity index (χ4v) is 2.42. The number of thioether (sulfide) groups is 1. The van der Waals surface area contributed by atoms with Crippen LogP contribution in [0.2, 0.25) is 0 Å². The number of alkyl halides is 1. The maximum atomic E-state index is 13.5. The number of halogens is 2. The van der Waals surface area contributed by atoms with E-state index in [1.54, 1.807) is 0 Å². The molecule has 0 spiro atoms. The molecule has 6 heteroatoms. The van der Waals surface area contributed by atoms with Crippen LogP contribution in [0.5, 0.6) is 0 Å². The molecule has 0 aliphatic rings. The zero-order valence-corrected chi connectivity index (χ0v) is 12.0. The molecule has 0 aromatic heterocycles. The van der Waals surface area contributed by atoms with E-state index >= 15 is 0 Å². The molecule has 0 saturated carbocycles. The van der Waals surface area contributed by atoms with Gasteiger partial charge in [0.05, 0.1) is 12.0 Å². The molecule has 106 valence electrons. The van der Waals surface area contributed by atoms with E-state index in [0.717, 1.165) is 11.8 Å². The number of rotatable bonds is 6. The number of benzene rings is 1. The van der Waals surface area contributed by atoms with Crippen LogP contribution in [0.1, 0.15) is 30.6 Å². The number of carbonyl (C=O) groups excluding carboxylic acids is 1. The quantitative estimate of drug-likeness (QED) is 0.793. The van der Waals surface area contributed by atoms with Crippen molar-refractivity contribution in [2.45, 2.75) is 31.4 Å². The molecule has 19 heavy (non-hydrogen) atoms. The number of hydrogen-bond donors (Lipinski definition) is 2. The minimum absolute atomic E-state index is 0.0424. The molecule has 0 saturated heterocycles. The predicted molar refractivity (Wildman–Crippen MR) is 74.7 cm³/mol. The van der Waals surface area contributed by atoms with Crippen LogP contribution in [0.15, 0.2) is 18.2 Å². The van der Waals surface area contributed by atoms with E-state index < -0.39 is 18.0 Å².